The van der Waals surface area contributed by atoms with Gasteiger partial charge in [0, 0.05) is 31.9 Å². The molecule has 0 amide bonds. The molecule has 2 aromatic rings. The molecule has 6 heteroatoms. The van der Waals surface area contributed by atoms with Crippen molar-refractivity contribution in [3.63, 3.8) is 0 Å². The van der Waals surface area contributed by atoms with Gasteiger partial charge in [0.1, 0.15) is 0 Å². The molecule has 2 heterocycles. The van der Waals surface area contributed by atoms with Gasteiger partial charge in [0.2, 0.25) is 11.8 Å². The van der Waals surface area contributed by atoms with Gasteiger partial charge in [-0.2, -0.15) is 5.10 Å². The molecule has 19 heavy (non-hydrogen) atoms. The molecule has 2 aromatic heterocycles. The molecule has 0 spiro atoms. The first-order chi connectivity index (χ1) is 9.20. The summed E-state index contributed by atoms with van der Waals surface area (Å²) in [7, 11) is 1.84. The van der Waals surface area contributed by atoms with Crippen LogP contribution in [0.1, 0.15) is 24.2 Å². The molecule has 0 aromatic carbocycles. The topological polar surface area (TPSA) is 64.9 Å². The lowest BCUT2D eigenvalue weighted by Gasteiger charge is -2.06. The monoisotopic (exact) mass is 259 g/mol. The third kappa shape index (κ3) is 3.08. The third-order valence-corrected chi connectivity index (χ3v) is 2.98. The van der Waals surface area contributed by atoms with Crippen molar-refractivity contribution in [1.29, 1.82) is 0 Å². The van der Waals surface area contributed by atoms with Crippen molar-refractivity contribution in [3.8, 4) is 11.8 Å². The standard InChI is InChI=1S/C13H17N5O/c1-9-5-13(18(2)17-9)19-12-8-14-6-11(16-12)7-15-10-3-4-10/h5-6,8,10,15H,3-4,7H2,1-2H3. The molecule has 0 aliphatic heterocycles. The van der Waals surface area contributed by atoms with E-state index in [1.807, 2.05) is 20.0 Å². The van der Waals surface area contributed by atoms with Crippen molar-refractivity contribution in [2.75, 3.05) is 0 Å². The fourth-order valence-electron chi connectivity index (χ4n) is 1.85. The van der Waals surface area contributed by atoms with Crippen LogP contribution in [0, 0.1) is 6.92 Å². The van der Waals surface area contributed by atoms with E-state index in [1.165, 1.54) is 12.8 Å². The molecule has 100 valence electrons. The van der Waals surface area contributed by atoms with Crippen LogP contribution in [-0.2, 0) is 13.6 Å². The number of nitrogens with zero attached hydrogens (tertiary/aromatic N) is 4. The quantitative estimate of drug-likeness (QED) is 0.882. The van der Waals surface area contributed by atoms with Crippen LogP contribution in [0.2, 0.25) is 0 Å². The fraction of sp³-hybridized carbons (Fsp3) is 0.462. The largest absolute Gasteiger partial charge is 0.419 e. The maximum atomic E-state index is 5.69. The summed E-state index contributed by atoms with van der Waals surface area (Å²) in [4.78, 5) is 8.59. The zero-order valence-corrected chi connectivity index (χ0v) is 11.1. The van der Waals surface area contributed by atoms with E-state index in [1.54, 1.807) is 17.1 Å². The zero-order chi connectivity index (χ0) is 13.2. The second-order valence-electron chi connectivity index (χ2n) is 4.85. The van der Waals surface area contributed by atoms with Gasteiger partial charge < -0.3 is 10.1 Å². The summed E-state index contributed by atoms with van der Waals surface area (Å²) in [5.74, 6) is 1.16. The molecule has 1 aliphatic carbocycles. The van der Waals surface area contributed by atoms with Gasteiger partial charge in [0.25, 0.3) is 0 Å². The Morgan fingerprint density at radius 2 is 2.26 bits per heavy atom. The summed E-state index contributed by atoms with van der Waals surface area (Å²) in [6, 6.07) is 2.53. The average molecular weight is 259 g/mol. The smallest absolute Gasteiger partial charge is 0.240 e. The molecule has 1 N–H and O–H groups in total. The van der Waals surface area contributed by atoms with Gasteiger partial charge >= 0.3 is 0 Å². The van der Waals surface area contributed by atoms with Crippen LogP contribution in [0.25, 0.3) is 0 Å². The highest BCUT2D eigenvalue weighted by Gasteiger charge is 2.20. The van der Waals surface area contributed by atoms with Crippen molar-refractivity contribution >= 4 is 0 Å². The molecular formula is C13H17N5O. The van der Waals surface area contributed by atoms with E-state index in [0.717, 1.165) is 17.9 Å². The van der Waals surface area contributed by atoms with Crippen molar-refractivity contribution in [2.24, 2.45) is 7.05 Å². The zero-order valence-electron chi connectivity index (χ0n) is 11.1. The summed E-state index contributed by atoms with van der Waals surface area (Å²) < 4.78 is 7.38. The Hall–Kier alpha value is -1.95. The summed E-state index contributed by atoms with van der Waals surface area (Å²) in [5.41, 5.74) is 1.81. The molecule has 1 aliphatic rings. The minimum atomic E-state index is 0.498. The Morgan fingerprint density at radius 1 is 1.42 bits per heavy atom. The number of aromatic nitrogens is 4. The number of ether oxygens (including phenoxy) is 1. The number of rotatable bonds is 5. The molecule has 0 unspecified atom stereocenters. The van der Waals surface area contributed by atoms with Gasteiger partial charge in [0.15, 0.2) is 0 Å². The van der Waals surface area contributed by atoms with E-state index in [9.17, 15) is 0 Å². The minimum Gasteiger partial charge on any atom is -0.419 e. The summed E-state index contributed by atoms with van der Waals surface area (Å²) >= 11 is 0. The molecule has 0 bridgehead atoms. The fourth-order valence-corrected chi connectivity index (χ4v) is 1.85. The first-order valence-corrected chi connectivity index (χ1v) is 6.43. The second-order valence-corrected chi connectivity index (χ2v) is 4.85. The van der Waals surface area contributed by atoms with Crippen molar-refractivity contribution in [2.45, 2.75) is 32.4 Å². The Morgan fingerprint density at radius 3 is 2.95 bits per heavy atom. The van der Waals surface area contributed by atoms with E-state index in [4.69, 9.17) is 4.74 Å². The Balaban J connectivity index is 1.69. The minimum absolute atomic E-state index is 0.498. The lowest BCUT2D eigenvalue weighted by atomic mass is 10.4. The molecular weight excluding hydrogens is 242 g/mol. The van der Waals surface area contributed by atoms with Crippen LogP contribution < -0.4 is 10.1 Å². The van der Waals surface area contributed by atoms with Crippen LogP contribution in [0.5, 0.6) is 11.8 Å². The van der Waals surface area contributed by atoms with E-state index in [2.05, 4.69) is 20.4 Å². The lowest BCUT2D eigenvalue weighted by Crippen LogP contribution is -2.16. The first kappa shape index (κ1) is 12.1. The second kappa shape index (κ2) is 4.97. The molecule has 1 saturated carbocycles. The molecule has 3 rings (SSSR count). The van der Waals surface area contributed by atoms with E-state index >= 15 is 0 Å². The maximum absolute atomic E-state index is 5.69. The Labute approximate surface area is 111 Å². The number of hydrogen-bond acceptors (Lipinski definition) is 5. The van der Waals surface area contributed by atoms with Gasteiger partial charge in [-0.15, -0.1) is 0 Å². The predicted octanol–water partition coefficient (Wildman–Crippen LogP) is 1.56. The lowest BCUT2D eigenvalue weighted by molar-refractivity contribution is 0.411. The van der Waals surface area contributed by atoms with Crippen molar-refractivity contribution in [1.82, 2.24) is 25.1 Å². The van der Waals surface area contributed by atoms with E-state index < -0.39 is 0 Å². The van der Waals surface area contributed by atoms with Crippen LogP contribution in [0.4, 0.5) is 0 Å². The Bertz CT molecular complexity index is 576. The van der Waals surface area contributed by atoms with Gasteiger partial charge in [-0.3, -0.25) is 4.98 Å². The average Bonchev–Trinajstić information content (AvgIpc) is 3.15. The highest BCUT2D eigenvalue weighted by molar-refractivity contribution is 5.21. The number of aryl methyl sites for hydroxylation is 2. The van der Waals surface area contributed by atoms with Crippen LogP contribution >= 0.6 is 0 Å². The van der Waals surface area contributed by atoms with Gasteiger partial charge in [-0.05, 0) is 19.8 Å². The van der Waals surface area contributed by atoms with E-state index in [0.29, 0.717) is 17.8 Å². The third-order valence-electron chi connectivity index (χ3n) is 2.98. The van der Waals surface area contributed by atoms with Crippen LogP contribution in [0.3, 0.4) is 0 Å². The molecule has 0 saturated heterocycles. The van der Waals surface area contributed by atoms with Crippen molar-refractivity contribution < 1.29 is 4.74 Å². The van der Waals surface area contributed by atoms with Gasteiger partial charge in [-0.1, -0.05) is 0 Å². The maximum Gasteiger partial charge on any atom is 0.240 e. The Kier molecular flexibility index (Phi) is 3.16. The molecule has 1 fully saturated rings. The van der Waals surface area contributed by atoms with Gasteiger partial charge in [0.05, 0.1) is 17.6 Å². The normalized spacial score (nSPS) is 14.6. The molecule has 0 atom stereocenters. The van der Waals surface area contributed by atoms with E-state index in [-0.39, 0.29) is 0 Å². The first-order valence-electron chi connectivity index (χ1n) is 6.43. The van der Waals surface area contributed by atoms with Gasteiger partial charge in [-0.25, -0.2) is 9.67 Å². The molecule has 6 nitrogen and oxygen atoms in total. The number of nitrogens with one attached hydrogen (secondary N) is 1. The summed E-state index contributed by atoms with van der Waals surface area (Å²) in [6.45, 7) is 2.66. The highest BCUT2D eigenvalue weighted by atomic mass is 16.5. The van der Waals surface area contributed by atoms with Crippen molar-refractivity contribution in [3.05, 3.63) is 29.8 Å². The highest BCUT2D eigenvalue weighted by Crippen LogP contribution is 2.20. The number of hydrogen-bond donors (Lipinski definition) is 1. The van der Waals surface area contributed by atoms with Crippen LogP contribution in [0.15, 0.2) is 18.5 Å². The van der Waals surface area contributed by atoms with Crippen LogP contribution in [-0.4, -0.2) is 25.8 Å². The SMILES string of the molecule is Cc1cc(Oc2cncc(CNC3CC3)n2)n(C)n1. The molecule has 0 radical (unpaired) electrons. The summed E-state index contributed by atoms with van der Waals surface area (Å²) in [6.07, 6.45) is 5.90. The summed E-state index contributed by atoms with van der Waals surface area (Å²) in [5, 5.41) is 7.63. The predicted molar refractivity (Wildman–Crippen MR) is 69.9 cm³/mol.